The second-order valence-electron chi connectivity index (χ2n) is 4.81. The minimum absolute atomic E-state index is 0.480. The van der Waals surface area contributed by atoms with Gasteiger partial charge in [-0.2, -0.15) is 5.10 Å². The van der Waals surface area contributed by atoms with Crippen LogP contribution >= 0.6 is 15.9 Å². The van der Waals surface area contributed by atoms with E-state index in [4.69, 9.17) is 4.74 Å². The van der Waals surface area contributed by atoms with Crippen LogP contribution in [0, 0.1) is 6.92 Å². The quantitative estimate of drug-likeness (QED) is 0.714. The highest BCUT2D eigenvalue weighted by Gasteiger charge is 2.12. The van der Waals surface area contributed by atoms with Crippen LogP contribution in [0.15, 0.2) is 41.0 Å². The van der Waals surface area contributed by atoms with Gasteiger partial charge in [0, 0.05) is 24.2 Å². The molecule has 4 nitrogen and oxygen atoms in total. The maximum Gasteiger partial charge on any atom is 0.131 e. The van der Waals surface area contributed by atoms with E-state index in [1.54, 1.807) is 6.20 Å². The summed E-state index contributed by atoms with van der Waals surface area (Å²) in [6.45, 7) is 5.36. The molecule has 21 heavy (non-hydrogen) atoms. The molecule has 0 aliphatic carbocycles. The van der Waals surface area contributed by atoms with Gasteiger partial charge >= 0.3 is 0 Å². The molecular weight excluding hydrogens is 330 g/mol. The van der Waals surface area contributed by atoms with Crippen LogP contribution in [0.3, 0.4) is 0 Å². The van der Waals surface area contributed by atoms with Crippen LogP contribution in [0.2, 0.25) is 0 Å². The average Bonchev–Trinajstić information content (AvgIpc) is 2.79. The average molecular weight is 346 g/mol. The molecule has 0 radical (unpaired) electrons. The molecule has 108 valence electrons. The first kappa shape index (κ1) is 14.1. The van der Waals surface area contributed by atoms with Crippen molar-refractivity contribution in [3.05, 3.63) is 52.4 Å². The van der Waals surface area contributed by atoms with Gasteiger partial charge < -0.3 is 4.74 Å². The Morgan fingerprint density at radius 1 is 1.29 bits per heavy atom. The van der Waals surface area contributed by atoms with Crippen LogP contribution in [0.25, 0.3) is 10.9 Å². The van der Waals surface area contributed by atoms with Crippen LogP contribution in [0.5, 0.6) is 5.75 Å². The first-order valence-electron chi connectivity index (χ1n) is 6.88. The van der Waals surface area contributed by atoms with Crippen molar-refractivity contribution < 1.29 is 4.74 Å². The summed E-state index contributed by atoms with van der Waals surface area (Å²) >= 11 is 3.58. The lowest BCUT2D eigenvalue weighted by Crippen LogP contribution is -2.06. The summed E-state index contributed by atoms with van der Waals surface area (Å²) in [5.41, 5.74) is 2.97. The van der Waals surface area contributed by atoms with E-state index in [1.807, 2.05) is 41.9 Å². The van der Waals surface area contributed by atoms with E-state index in [0.717, 1.165) is 39.1 Å². The third kappa shape index (κ3) is 2.78. The van der Waals surface area contributed by atoms with Gasteiger partial charge in [0.05, 0.1) is 21.4 Å². The second-order valence-corrected chi connectivity index (χ2v) is 5.60. The van der Waals surface area contributed by atoms with Crippen LogP contribution in [0.4, 0.5) is 0 Å². The Balaban J connectivity index is 1.83. The summed E-state index contributed by atoms with van der Waals surface area (Å²) in [7, 11) is 0. The molecule has 0 unspecified atom stereocenters. The summed E-state index contributed by atoms with van der Waals surface area (Å²) in [4.78, 5) is 4.35. The molecule has 0 aliphatic heterocycles. The number of fused-ring (bicyclic) bond motifs is 1. The van der Waals surface area contributed by atoms with E-state index in [-0.39, 0.29) is 0 Å². The van der Waals surface area contributed by atoms with E-state index in [1.165, 1.54) is 0 Å². The Morgan fingerprint density at radius 2 is 2.14 bits per heavy atom. The Morgan fingerprint density at radius 3 is 2.95 bits per heavy atom. The van der Waals surface area contributed by atoms with Gasteiger partial charge in [-0.05, 0) is 48.0 Å². The van der Waals surface area contributed by atoms with Crippen LogP contribution in [-0.4, -0.2) is 14.8 Å². The van der Waals surface area contributed by atoms with Gasteiger partial charge in [-0.25, -0.2) is 0 Å². The molecule has 0 fully saturated rings. The predicted molar refractivity (Wildman–Crippen MR) is 86.4 cm³/mol. The first-order chi connectivity index (χ1) is 10.2. The zero-order chi connectivity index (χ0) is 14.8. The molecule has 0 spiro atoms. The number of hydrogen-bond donors (Lipinski definition) is 0. The fraction of sp³-hybridized carbons (Fsp3) is 0.250. The summed E-state index contributed by atoms with van der Waals surface area (Å²) in [5, 5.41) is 5.58. The Bertz CT molecular complexity index is 782. The van der Waals surface area contributed by atoms with Gasteiger partial charge in [0.15, 0.2) is 0 Å². The number of aryl methyl sites for hydroxylation is 2. The Hall–Kier alpha value is -1.88. The van der Waals surface area contributed by atoms with Crippen molar-refractivity contribution in [2.75, 3.05) is 0 Å². The number of ether oxygens (including phenoxy) is 1. The van der Waals surface area contributed by atoms with E-state index < -0.39 is 0 Å². The second kappa shape index (κ2) is 5.85. The molecule has 3 aromatic rings. The monoisotopic (exact) mass is 345 g/mol. The van der Waals surface area contributed by atoms with Crippen molar-refractivity contribution in [1.29, 1.82) is 0 Å². The van der Waals surface area contributed by atoms with E-state index in [9.17, 15) is 0 Å². The fourth-order valence-electron chi connectivity index (χ4n) is 2.29. The van der Waals surface area contributed by atoms with Gasteiger partial charge in [-0.15, -0.1) is 0 Å². The number of halogens is 1. The summed E-state index contributed by atoms with van der Waals surface area (Å²) in [6.07, 6.45) is 1.79. The van der Waals surface area contributed by atoms with E-state index in [0.29, 0.717) is 6.61 Å². The minimum Gasteiger partial charge on any atom is -0.487 e. The van der Waals surface area contributed by atoms with Crippen molar-refractivity contribution in [3.8, 4) is 5.75 Å². The first-order valence-corrected chi connectivity index (χ1v) is 7.67. The normalized spacial score (nSPS) is 11.0. The van der Waals surface area contributed by atoms with Crippen molar-refractivity contribution in [3.63, 3.8) is 0 Å². The highest BCUT2D eigenvalue weighted by molar-refractivity contribution is 9.10. The molecule has 0 saturated heterocycles. The van der Waals surface area contributed by atoms with Gasteiger partial charge in [0.2, 0.25) is 0 Å². The van der Waals surface area contributed by atoms with Gasteiger partial charge in [0.1, 0.15) is 12.4 Å². The van der Waals surface area contributed by atoms with Gasteiger partial charge in [-0.1, -0.05) is 6.07 Å². The lowest BCUT2D eigenvalue weighted by atomic mass is 10.2. The molecule has 0 atom stereocenters. The summed E-state index contributed by atoms with van der Waals surface area (Å²) < 4.78 is 8.88. The molecule has 3 rings (SSSR count). The molecule has 0 amide bonds. The number of pyridine rings is 1. The zero-order valence-electron chi connectivity index (χ0n) is 12.0. The molecule has 1 aromatic carbocycles. The Kier molecular flexibility index (Phi) is 3.92. The van der Waals surface area contributed by atoms with E-state index in [2.05, 4.69) is 32.9 Å². The van der Waals surface area contributed by atoms with Gasteiger partial charge in [0.25, 0.3) is 0 Å². The summed E-state index contributed by atoms with van der Waals surface area (Å²) in [5.74, 6) is 0.814. The standard InChI is InChI=1S/C16H16BrN3O/c1-3-20-15(16(17)11(2)19-20)10-21-13-7-6-12-5-4-8-18-14(12)9-13/h4-9H,3,10H2,1-2H3. The van der Waals surface area contributed by atoms with Crippen molar-refractivity contribution in [1.82, 2.24) is 14.8 Å². The van der Waals surface area contributed by atoms with Gasteiger partial charge in [-0.3, -0.25) is 9.67 Å². The van der Waals surface area contributed by atoms with E-state index >= 15 is 0 Å². The van der Waals surface area contributed by atoms with Crippen molar-refractivity contribution >= 4 is 26.8 Å². The van der Waals surface area contributed by atoms with Crippen molar-refractivity contribution in [2.45, 2.75) is 27.0 Å². The number of benzene rings is 1. The summed E-state index contributed by atoms with van der Waals surface area (Å²) in [6, 6.07) is 9.93. The SMILES string of the molecule is CCn1nc(C)c(Br)c1COc1ccc2cccnc2c1. The zero-order valence-corrected chi connectivity index (χ0v) is 13.6. The predicted octanol–water partition coefficient (Wildman–Crippen LogP) is 4.10. The number of aromatic nitrogens is 3. The molecule has 0 saturated carbocycles. The number of rotatable bonds is 4. The molecule has 5 heteroatoms. The topological polar surface area (TPSA) is 39.9 Å². The largest absolute Gasteiger partial charge is 0.487 e. The van der Waals surface area contributed by atoms with Crippen LogP contribution < -0.4 is 4.74 Å². The Labute approximate surface area is 131 Å². The third-order valence-corrected chi connectivity index (χ3v) is 4.44. The molecule has 0 bridgehead atoms. The highest BCUT2D eigenvalue weighted by Crippen LogP contribution is 2.24. The molecule has 0 aliphatic rings. The minimum atomic E-state index is 0.480. The lowest BCUT2D eigenvalue weighted by Gasteiger charge is -2.09. The number of nitrogens with zero attached hydrogens (tertiary/aromatic N) is 3. The highest BCUT2D eigenvalue weighted by atomic mass is 79.9. The maximum absolute atomic E-state index is 5.91. The molecule has 2 aromatic heterocycles. The molecule has 0 N–H and O–H groups in total. The fourth-order valence-corrected chi connectivity index (χ4v) is 2.69. The molecule has 2 heterocycles. The van der Waals surface area contributed by atoms with Crippen molar-refractivity contribution in [2.24, 2.45) is 0 Å². The smallest absolute Gasteiger partial charge is 0.131 e. The van der Waals surface area contributed by atoms with Crippen LogP contribution in [-0.2, 0) is 13.2 Å². The maximum atomic E-state index is 5.91. The third-order valence-electron chi connectivity index (χ3n) is 3.41. The lowest BCUT2D eigenvalue weighted by molar-refractivity contribution is 0.292. The van der Waals surface area contributed by atoms with Crippen LogP contribution in [0.1, 0.15) is 18.3 Å². The molecular formula is C16H16BrN3O. The number of hydrogen-bond acceptors (Lipinski definition) is 3.